The lowest BCUT2D eigenvalue weighted by Gasteiger charge is -2.25. The molecule has 0 aromatic heterocycles. The van der Waals surface area contributed by atoms with Crippen molar-refractivity contribution in [2.75, 3.05) is 19.6 Å². The fourth-order valence-corrected chi connectivity index (χ4v) is 2.71. The van der Waals surface area contributed by atoms with Gasteiger partial charge >= 0.3 is 6.03 Å². The van der Waals surface area contributed by atoms with Crippen molar-refractivity contribution in [2.45, 2.75) is 33.2 Å². The lowest BCUT2D eigenvalue weighted by molar-refractivity contribution is -0.908. The number of imide groups is 1. The maximum Gasteiger partial charge on any atom is 0.321 e. The SMILES string of the molecule is CC(C)CCNC(=O)NC(=O)C[NH+]1CCc2ccccc2C1. The highest BCUT2D eigenvalue weighted by molar-refractivity contribution is 5.94. The standard InChI is InChI=1S/C17H25N3O2/c1-13(2)7-9-18-17(22)19-16(21)12-20-10-8-14-5-3-4-6-15(14)11-20/h3-6,13H,7-12H2,1-2H3,(H2,18,19,21,22)/p+1. The van der Waals surface area contributed by atoms with Crippen molar-refractivity contribution in [3.8, 4) is 0 Å². The van der Waals surface area contributed by atoms with Crippen LogP contribution in [-0.4, -0.2) is 31.6 Å². The molecule has 1 aliphatic rings. The van der Waals surface area contributed by atoms with Gasteiger partial charge in [0.15, 0.2) is 6.54 Å². The summed E-state index contributed by atoms with van der Waals surface area (Å²) in [5.41, 5.74) is 2.68. The van der Waals surface area contributed by atoms with E-state index >= 15 is 0 Å². The molecular formula is C17H26N3O2+. The number of amides is 3. The molecule has 1 aliphatic heterocycles. The summed E-state index contributed by atoms with van der Waals surface area (Å²) in [7, 11) is 0. The van der Waals surface area contributed by atoms with Gasteiger partial charge in [-0.25, -0.2) is 4.79 Å². The maximum atomic E-state index is 11.9. The Morgan fingerprint density at radius 2 is 1.95 bits per heavy atom. The number of nitrogens with one attached hydrogen (secondary N) is 3. The van der Waals surface area contributed by atoms with Gasteiger partial charge in [0, 0.05) is 18.5 Å². The molecular weight excluding hydrogens is 278 g/mol. The lowest BCUT2D eigenvalue weighted by atomic mass is 10.00. The van der Waals surface area contributed by atoms with Crippen LogP contribution in [0.4, 0.5) is 4.79 Å². The number of carbonyl (C=O) groups is 2. The van der Waals surface area contributed by atoms with Crippen LogP contribution in [0.1, 0.15) is 31.4 Å². The van der Waals surface area contributed by atoms with Crippen LogP contribution < -0.4 is 15.5 Å². The monoisotopic (exact) mass is 304 g/mol. The molecule has 1 aromatic carbocycles. The van der Waals surface area contributed by atoms with Gasteiger partial charge in [0.1, 0.15) is 6.54 Å². The molecule has 0 spiro atoms. The minimum Gasteiger partial charge on any atom is -0.338 e. The van der Waals surface area contributed by atoms with Crippen LogP contribution in [0.15, 0.2) is 24.3 Å². The Morgan fingerprint density at radius 1 is 1.23 bits per heavy atom. The van der Waals surface area contributed by atoms with Crippen LogP contribution in [0.3, 0.4) is 0 Å². The second-order valence-corrected chi connectivity index (χ2v) is 6.36. The molecule has 2 rings (SSSR count). The van der Waals surface area contributed by atoms with Crippen molar-refractivity contribution in [2.24, 2.45) is 5.92 Å². The van der Waals surface area contributed by atoms with Crippen molar-refractivity contribution in [3.63, 3.8) is 0 Å². The number of benzene rings is 1. The first kappa shape index (κ1) is 16.5. The molecule has 120 valence electrons. The molecule has 1 unspecified atom stereocenters. The molecule has 3 amide bonds. The average Bonchev–Trinajstić information content (AvgIpc) is 2.46. The van der Waals surface area contributed by atoms with E-state index in [1.54, 1.807) is 0 Å². The van der Waals surface area contributed by atoms with E-state index in [1.165, 1.54) is 16.0 Å². The predicted molar refractivity (Wildman–Crippen MR) is 85.5 cm³/mol. The Labute approximate surface area is 132 Å². The molecule has 0 radical (unpaired) electrons. The molecule has 5 nitrogen and oxygen atoms in total. The molecule has 1 heterocycles. The van der Waals surface area contributed by atoms with Gasteiger partial charge in [0.05, 0.1) is 6.54 Å². The smallest absolute Gasteiger partial charge is 0.321 e. The zero-order valence-corrected chi connectivity index (χ0v) is 13.4. The van der Waals surface area contributed by atoms with Crippen LogP contribution in [0.2, 0.25) is 0 Å². The van der Waals surface area contributed by atoms with E-state index in [4.69, 9.17) is 0 Å². The zero-order valence-electron chi connectivity index (χ0n) is 13.4. The number of fused-ring (bicyclic) bond motifs is 1. The van der Waals surface area contributed by atoms with Crippen molar-refractivity contribution >= 4 is 11.9 Å². The Morgan fingerprint density at radius 3 is 2.68 bits per heavy atom. The minimum absolute atomic E-state index is 0.212. The van der Waals surface area contributed by atoms with E-state index in [0.29, 0.717) is 19.0 Å². The van der Waals surface area contributed by atoms with Crippen LogP contribution >= 0.6 is 0 Å². The summed E-state index contributed by atoms with van der Waals surface area (Å²) in [5, 5.41) is 5.13. The molecule has 5 heteroatoms. The van der Waals surface area contributed by atoms with Gasteiger partial charge in [-0.05, 0) is 17.9 Å². The second-order valence-electron chi connectivity index (χ2n) is 6.36. The number of hydrogen-bond acceptors (Lipinski definition) is 2. The summed E-state index contributed by atoms with van der Waals surface area (Å²) in [5.74, 6) is 0.324. The number of urea groups is 1. The summed E-state index contributed by atoms with van der Waals surface area (Å²) >= 11 is 0. The van der Waals surface area contributed by atoms with Gasteiger partial charge in [-0.2, -0.15) is 0 Å². The highest BCUT2D eigenvalue weighted by Crippen LogP contribution is 2.10. The van der Waals surface area contributed by atoms with Gasteiger partial charge in [-0.1, -0.05) is 38.1 Å². The zero-order chi connectivity index (χ0) is 15.9. The summed E-state index contributed by atoms with van der Waals surface area (Å²) in [6.07, 6.45) is 1.90. The van der Waals surface area contributed by atoms with Crippen LogP contribution in [0.5, 0.6) is 0 Å². The van der Waals surface area contributed by atoms with Gasteiger partial charge in [0.25, 0.3) is 5.91 Å². The first-order valence-electron chi connectivity index (χ1n) is 8.02. The van der Waals surface area contributed by atoms with Gasteiger partial charge in [-0.3, -0.25) is 10.1 Å². The molecule has 0 bridgehead atoms. The van der Waals surface area contributed by atoms with E-state index in [-0.39, 0.29) is 11.9 Å². The Kier molecular flexibility index (Phi) is 5.95. The quantitative estimate of drug-likeness (QED) is 0.742. The Bertz CT molecular complexity index is 528. The number of rotatable bonds is 5. The summed E-state index contributed by atoms with van der Waals surface area (Å²) in [6, 6.07) is 7.96. The van der Waals surface area contributed by atoms with Crippen molar-refractivity contribution in [1.29, 1.82) is 0 Å². The van der Waals surface area contributed by atoms with Gasteiger partial charge in [-0.15, -0.1) is 0 Å². The molecule has 1 aromatic rings. The second kappa shape index (κ2) is 7.94. The first-order chi connectivity index (χ1) is 10.5. The van der Waals surface area contributed by atoms with Crippen LogP contribution in [-0.2, 0) is 17.8 Å². The summed E-state index contributed by atoms with van der Waals surface area (Å²) in [4.78, 5) is 24.8. The molecule has 0 saturated heterocycles. The average molecular weight is 304 g/mol. The summed E-state index contributed by atoms with van der Waals surface area (Å²) < 4.78 is 0. The molecule has 0 aliphatic carbocycles. The van der Waals surface area contributed by atoms with E-state index in [1.807, 2.05) is 6.07 Å². The third kappa shape index (κ3) is 5.15. The van der Waals surface area contributed by atoms with Crippen molar-refractivity contribution < 1.29 is 14.5 Å². The Hall–Kier alpha value is -1.88. The summed E-state index contributed by atoms with van der Waals surface area (Å²) in [6.45, 7) is 6.91. The minimum atomic E-state index is -0.387. The predicted octanol–water partition coefficient (Wildman–Crippen LogP) is 0.500. The largest absolute Gasteiger partial charge is 0.338 e. The highest BCUT2D eigenvalue weighted by atomic mass is 16.2. The van der Waals surface area contributed by atoms with Crippen LogP contribution in [0.25, 0.3) is 0 Å². The van der Waals surface area contributed by atoms with Crippen molar-refractivity contribution in [1.82, 2.24) is 10.6 Å². The Balaban J connectivity index is 1.73. The molecule has 3 N–H and O–H groups in total. The normalized spacial score (nSPS) is 17.0. The maximum absolute atomic E-state index is 11.9. The third-order valence-corrected chi connectivity index (χ3v) is 3.98. The molecule has 1 atom stereocenters. The fourth-order valence-electron chi connectivity index (χ4n) is 2.71. The highest BCUT2D eigenvalue weighted by Gasteiger charge is 2.22. The topological polar surface area (TPSA) is 62.6 Å². The van der Waals surface area contributed by atoms with E-state index in [9.17, 15) is 9.59 Å². The molecule has 22 heavy (non-hydrogen) atoms. The fraction of sp³-hybridized carbons (Fsp3) is 0.529. The van der Waals surface area contributed by atoms with Gasteiger partial charge < -0.3 is 10.2 Å². The number of quaternary nitrogens is 1. The third-order valence-electron chi connectivity index (χ3n) is 3.98. The number of hydrogen-bond donors (Lipinski definition) is 3. The first-order valence-corrected chi connectivity index (χ1v) is 8.02. The van der Waals surface area contributed by atoms with Crippen molar-refractivity contribution in [3.05, 3.63) is 35.4 Å². The molecule has 0 saturated carbocycles. The van der Waals surface area contributed by atoms with E-state index in [2.05, 4.69) is 42.7 Å². The van der Waals surface area contributed by atoms with E-state index in [0.717, 1.165) is 25.9 Å². The molecule has 0 fully saturated rings. The van der Waals surface area contributed by atoms with Crippen LogP contribution in [0, 0.1) is 5.92 Å². The number of carbonyl (C=O) groups excluding carboxylic acids is 2. The lowest BCUT2D eigenvalue weighted by Crippen LogP contribution is -3.13. The van der Waals surface area contributed by atoms with E-state index < -0.39 is 0 Å². The van der Waals surface area contributed by atoms with Gasteiger partial charge in [0.2, 0.25) is 0 Å².